The van der Waals surface area contributed by atoms with Crippen LogP contribution >= 0.6 is 0 Å². The Balaban J connectivity index is 1.93. The molecular weight excluding hydrogens is 340 g/mol. The lowest BCUT2D eigenvalue weighted by Gasteiger charge is -2.47. The minimum Gasteiger partial charge on any atom is -0.399 e. The highest BCUT2D eigenvalue weighted by Gasteiger charge is 2.60. The SMILES string of the molecule is CC12C=CC=CC1c1ccccc1C2(c1ccc(N)cc1)c1ccc(N)cc1. The minimum absolute atomic E-state index is 0.141. The van der Waals surface area contributed by atoms with Crippen LogP contribution in [0.5, 0.6) is 0 Å². The van der Waals surface area contributed by atoms with Gasteiger partial charge in [0.25, 0.3) is 0 Å². The molecule has 0 spiro atoms. The predicted molar refractivity (Wildman–Crippen MR) is 117 cm³/mol. The van der Waals surface area contributed by atoms with Gasteiger partial charge in [0.15, 0.2) is 0 Å². The molecule has 0 fully saturated rings. The van der Waals surface area contributed by atoms with E-state index in [1.807, 2.05) is 24.3 Å². The van der Waals surface area contributed by atoms with Gasteiger partial charge in [0.1, 0.15) is 0 Å². The van der Waals surface area contributed by atoms with Crippen LogP contribution in [-0.4, -0.2) is 0 Å². The van der Waals surface area contributed by atoms with Crippen LogP contribution in [0.4, 0.5) is 11.4 Å². The van der Waals surface area contributed by atoms with Gasteiger partial charge in [-0.2, -0.15) is 0 Å². The van der Waals surface area contributed by atoms with Crippen molar-refractivity contribution in [1.82, 2.24) is 0 Å². The van der Waals surface area contributed by atoms with Crippen molar-refractivity contribution in [3.05, 3.63) is 119 Å². The largest absolute Gasteiger partial charge is 0.399 e. The predicted octanol–water partition coefficient (Wildman–Crippen LogP) is 5.41. The number of hydrogen-bond acceptors (Lipinski definition) is 2. The van der Waals surface area contributed by atoms with E-state index >= 15 is 0 Å². The molecule has 0 aromatic heterocycles. The molecule has 0 bridgehead atoms. The van der Waals surface area contributed by atoms with E-state index in [9.17, 15) is 0 Å². The molecule has 28 heavy (non-hydrogen) atoms. The van der Waals surface area contributed by atoms with Crippen LogP contribution in [0.1, 0.15) is 35.1 Å². The fraction of sp³-hybridized carbons (Fsp3) is 0.154. The van der Waals surface area contributed by atoms with E-state index in [-0.39, 0.29) is 10.8 Å². The number of nitrogen functional groups attached to an aromatic ring is 2. The summed E-state index contributed by atoms with van der Waals surface area (Å²) in [6.45, 7) is 2.38. The number of nitrogens with two attached hydrogens (primary N) is 2. The Morgan fingerprint density at radius 3 is 1.89 bits per heavy atom. The molecular formula is C26H24N2. The average Bonchev–Trinajstić information content (AvgIpc) is 2.95. The van der Waals surface area contributed by atoms with E-state index < -0.39 is 0 Å². The number of hydrogen-bond donors (Lipinski definition) is 2. The molecule has 0 radical (unpaired) electrons. The summed E-state index contributed by atoms with van der Waals surface area (Å²) < 4.78 is 0. The third-order valence-electron chi connectivity index (χ3n) is 6.70. The summed E-state index contributed by atoms with van der Waals surface area (Å²) in [5.41, 5.74) is 18.4. The van der Waals surface area contributed by atoms with Gasteiger partial charge in [0.2, 0.25) is 0 Å². The lowest BCUT2D eigenvalue weighted by Crippen LogP contribution is -2.43. The normalized spacial score (nSPS) is 24.0. The van der Waals surface area contributed by atoms with Gasteiger partial charge in [-0.3, -0.25) is 0 Å². The summed E-state index contributed by atoms with van der Waals surface area (Å²) >= 11 is 0. The first-order valence-corrected chi connectivity index (χ1v) is 9.75. The highest BCUT2D eigenvalue weighted by atomic mass is 14.6. The van der Waals surface area contributed by atoms with Crippen molar-refractivity contribution in [2.45, 2.75) is 18.3 Å². The zero-order valence-electron chi connectivity index (χ0n) is 16.0. The summed E-state index contributed by atoms with van der Waals surface area (Å²) in [6.07, 6.45) is 9.08. The van der Waals surface area contributed by atoms with Crippen molar-refractivity contribution in [2.75, 3.05) is 11.5 Å². The van der Waals surface area contributed by atoms with Gasteiger partial charge in [-0.05, 0) is 46.5 Å². The zero-order chi connectivity index (χ0) is 19.4. The van der Waals surface area contributed by atoms with E-state index in [2.05, 4.69) is 79.8 Å². The fourth-order valence-corrected chi connectivity index (χ4v) is 5.49. The highest BCUT2D eigenvalue weighted by Crippen LogP contribution is 2.66. The smallest absolute Gasteiger partial charge is 0.0551 e. The van der Waals surface area contributed by atoms with Gasteiger partial charge in [0.05, 0.1) is 5.41 Å². The third-order valence-corrected chi connectivity index (χ3v) is 6.70. The van der Waals surface area contributed by atoms with Gasteiger partial charge in [0, 0.05) is 22.7 Å². The Morgan fingerprint density at radius 2 is 1.29 bits per heavy atom. The van der Waals surface area contributed by atoms with Crippen LogP contribution in [0.3, 0.4) is 0 Å². The first-order valence-electron chi connectivity index (χ1n) is 9.75. The Hall–Kier alpha value is -3.26. The van der Waals surface area contributed by atoms with Crippen LogP contribution in [0, 0.1) is 5.41 Å². The minimum atomic E-state index is -0.322. The molecule has 3 aromatic rings. The van der Waals surface area contributed by atoms with Crippen LogP contribution in [0.25, 0.3) is 0 Å². The molecule has 0 aliphatic heterocycles. The van der Waals surface area contributed by atoms with Gasteiger partial charge in [-0.1, -0.05) is 79.8 Å². The van der Waals surface area contributed by atoms with Crippen molar-refractivity contribution in [3.63, 3.8) is 0 Å². The molecule has 2 heteroatoms. The molecule has 138 valence electrons. The molecule has 2 nitrogen and oxygen atoms in total. The molecule has 2 aliphatic rings. The standard InChI is InChI=1S/C26H24N2/c1-25-17-5-4-7-23(25)22-6-2-3-8-24(22)26(25,18-9-13-20(27)14-10-18)19-11-15-21(28)16-12-19/h2-17,23H,27-28H2,1H3. The fourth-order valence-electron chi connectivity index (χ4n) is 5.49. The second-order valence-electron chi connectivity index (χ2n) is 8.09. The maximum Gasteiger partial charge on any atom is 0.0551 e. The molecule has 0 heterocycles. The summed E-state index contributed by atoms with van der Waals surface area (Å²) in [5, 5.41) is 0. The average molecular weight is 364 g/mol. The topological polar surface area (TPSA) is 52.0 Å². The Bertz CT molecular complexity index is 1040. The molecule has 5 rings (SSSR count). The maximum atomic E-state index is 6.04. The molecule has 2 aliphatic carbocycles. The number of fused-ring (bicyclic) bond motifs is 3. The molecule has 0 amide bonds. The molecule has 3 aromatic carbocycles. The van der Waals surface area contributed by atoms with Crippen LogP contribution in [-0.2, 0) is 5.41 Å². The highest BCUT2D eigenvalue weighted by molar-refractivity contribution is 5.66. The van der Waals surface area contributed by atoms with Gasteiger partial charge in [-0.25, -0.2) is 0 Å². The Morgan fingerprint density at radius 1 is 0.714 bits per heavy atom. The summed E-state index contributed by atoms with van der Waals surface area (Å²) in [6, 6.07) is 25.6. The van der Waals surface area contributed by atoms with Crippen LogP contribution < -0.4 is 11.5 Å². The summed E-state index contributed by atoms with van der Waals surface area (Å²) in [5.74, 6) is 0.309. The first kappa shape index (κ1) is 16.9. The van der Waals surface area contributed by atoms with Gasteiger partial charge in [-0.15, -0.1) is 0 Å². The Labute approximate surface area is 166 Å². The van der Waals surface area contributed by atoms with Gasteiger partial charge >= 0.3 is 0 Å². The second kappa shape index (κ2) is 5.87. The van der Waals surface area contributed by atoms with Crippen molar-refractivity contribution >= 4 is 11.4 Å². The monoisotopic (exact) mass is 364 g/mol. The van der Waals surface area contributed by atoms with E-state index in [0.29, 0.717) is 5.92 Å². The number of anilines is 2. The van der Waals surface area contributed by atoms with Crippen LogP contribution in [0.2, 0.25) is 0 Å². The summed E-state index contributed by atoms with van der Waals surface area (Å²) in [4.78, 5) is 0. The van der Waals surface area contributed by atoms with E-state index in [1.165, 1.54) is 22.3 Å². The number of allylic oxidation sites excluding steroid dienone is 4. The number of rotatable bonds is 2. The van der Waals surface area contributed by atoms with Crippen molar-refractivity contribution in [2.24, 2.45) is 5.41 Å². The molecule has 0 saturated carbocycles. The molecule has 0 saturated heterocycles. The van der Waals surface area contributed by atoms with Gasteiger partial charge < -0.3 is 11.5 Å². The lowest BCUT2D eigenvalue weighted by atomic mass is 9.54. The molecule has 4 N–H and O–H groups in total. The number of benzene rings is 3. The summed E-state index contributed by atoms with van der Waals surface area (Å²) in [7, 11) is 0. The quantitative estimate of drug-likeness (QED) is 0.597. The van der Waals surface area contributed by atoms with Crippen molar-refractivity contribution < 1.29 is 0 Å². The zero-order valence-corrected chi connectivity index (χ0v) is 16.0. The van der Waals surface area contributed by atoms with E-state index in [0.717, 1.165) is 11.4 Å². The lowest BCUT2D eigenvalue weighted by molar-refractivity contribution is 0.289. The first-order chi connectivity index (χ1) is 13.6. The van der Waals surface area contributed by atoms with Crippen LogP contribution in [0.15, 0.2) is 97.1 Å². The third kappa shape index (κ3) is 2.03. The molecule has 2 unspecified atom stereocenters. The van der Waals surface area contributed by atoms with E-state index in [4.69, 9.17) is 11.5 Å². The second-order valence-corrected chi connectivity index (χ2v) is 8.09. The van der Waals surface area contributed by atoms with E-state index in [1.54, 1.807) is 0 Å². The molecule has 2 atom stereocenters. The van der Waals surface area contributed by atoms with Crippen molar-refractivity contribution in [1.29, 1.82) is 0 Å². The Kier molecular flexibility index (Phi) is 3.54. The maximum absolute atomic E-state index is 6.04. The van der Waals surface area contributed by atoms with Crippen molar-refractivity contribution in [3.8, 4) is 0 Å².